The van der Waals surface area contributed by atoms with Gasteiger partial charge in [-0.1, -0.05) is 59.8 Å². The van der Waals surface area contributed by atoms with E-state index in [1.165, 1.54) is 5.56 Å². The first kappa shape index (κ1) is 18.4. The van der Waals surface area contributed by atoms with E-state index in [4.69, 9.17) is 4.52 Å². The summed E-state index contributed by atoms with van der Waals surface area (Å²) >= 11 is 0. The number of hydrogen-bond donors (Lipinski definition) is 2. The number of carbonyl (C=O) groups excluding carboxylic acids is 2. The van der Waals surface area contributed by atoms with E-state index in [1.807, 2.05) is 48.5 Å². The number of carbonyl (C=O) groups is 2. The number of fused-ring (bicyclic) bond motifs is 2. The van der Waals surface area contributed by atoms with Gasteiger partial charge in [0, 0.05) is 24.7 Å². The van der Waals surface area contributed by atoms with Gasteiger partial charge in [-0.2, -0.15) is 0 Å². The summed E-state index contributed by atoms with van der Waals surface area (Å²) in [6.07, 6.45) is 1.76. The van der Waals surface area contributed by atoms with Crippen molar-refractivity contribution in [3.8, 4) is 11.3 Å². The Morgan fingerprint density at radius 1 is 1.07 bits per heavy atom. The Kier molecular flexibility index (Phi) is 4.50. The number of likely N-dealkylation sites (tertiary alicyclic amines) is 1. The van der Waals surface area contributed by atoms with E-state index < -0.39 is 5.54 Å². The zero-order valence-electron chi connectivity index (χ0n) is 16.4. The van der Waals surface area contributed by atoms with Gasteiger partial charge in [-0.05, 0) is 24.0 Å². The summed E-state index contributed by atoms with van der Waals surface area (Å²) < 4.78 is 5.29. The largest absolute Gasteiger partial charge is 0.346 e. The normalized spacial score (nSPS) is 17.3. The van der Waals surface area contributed by atoms with Gasteiger partial charge in [-0.25, -0.2) is 4.79 Å². The van der Waals surface area contributed by atoms with Crippen molar-refractivity contribution in [2.75, 3.05) is 18.4 Å². The summed E-state index contributed by atoms with van der Waals surface area (Å²) in [4.78, 5) is 26.7. The van der Waals surface area contributed by atoms with Crippen LogP contribution in [0.3, 0.4) is 0 Å². The summed E-state index contributed by atoms with van der Waals surface area (Å²) in [6.45, 7) is 1.08. The third-order valence-corrected chi connectivity index (χ3v) is 5.98. The van der Waals surface area contributed by atoms with E-state index in [2.05, 4.69) is 21.9 Å². The standard InChI is InChI=1S/C23H22N4O3/c28-20-14-17-8-4-5-9-18(17)23(25-20)10-12-27(13-11-23)22(29)24-21-15-19(26-30-21)16-6-2-1-3-7-16/h1-9,15H,10-14H2,(H,24,29)(H,25,28). The molecular formula is C23H22N4O3. The second-order valence-electron chi connectivity index (χ2n) is 7.82. The van der Waals surface area contributed by atoms with Crippen LogP contribution in [0.2, 0.25) is 0 Å². The highest BCUT2D eigenvalue weighted by atomic mass is 16.5. The fourth-order valence-corrected chi connectivity index (χ4v) is 4.44. The zero-order valence-corrected chi connectivity index (χ0v) is 16.4. The Balaban J connectivity index is 1.26. The Hall–Kier alpha value is -3.61. The monoisotopic (exact) mass is 402 g/mol. The topological polar surface area (TPSA) is 87.5 Å². The van der Waals surface area contributed by atoms with Gasteiger partial charge in [-0.3, -0.25) is 10.1 Å². The van der Waals surface area contributed by atoms with Crippen LogP contribution in [0.4, 0.5) is 10.7 Å². The maximum Gasteiger partial charge on any atom is 0.324 e. The molecule has 3 heterocycles. The molecular weight excluding hydrogens is 380 g/mol. The van der Waals surface area contributed by atoms with E-state index in [1.54, 1.807) is 11.0 Å². The Morgan fingerprint density at radius 2 is 1.80 bits per heavy atom. The smallest absolute Gasteiger partial charge is 0.324 e. The summed E-state index contributed by atoms with van der Waals surface area (Å²) in [7, 11) is 0. The molecule has 0 saturated carbocycles. The number of anilines is 1. The molecule has 7 nitrogen and oxygen atoms in total. The van der Waals surface area contributed by atoms with Crippen LogP contribution >= 0.6 is 0 Å². The highest BCUT2D eigenvalue weighted by molar-refractivity contribution is 5.88. The SMILES string of the molecule is O=C1Cc2ccccc2C2(CCN(C(=O)Nc3cc(-c4ccccc4)no3)CC2)N1. The van der Waals surface area contributed by atoms with Gasteiger partial charge in [0.25, 0.3) is 0 Å². The Labute approximate surface area is 174 Å². The molecule has 2 N–H and O–H groups in total. The predicted octanol–water partition coefficient (Wildman–Crippen LogP) is 3.54. The maximum atomic E-state index is 12.7. The van der Waals surface area contributed by atoms with Crippen molar-refractivity contribution in [3.05, 3.63) is 71.8 Å². The van der Waals surface area contributed by atoms with Crippen LogP contribution in [0.15, 0.2) is 65.2 Å². The minimum absolute atomic E-state index is 0.0432. The summed E-state index contributed by atoms with van der Waals surface area (Å²) in [5.41, 5.74) is 3.45. The van der Waals surface area contributed by atoms with Crippen molar-refractivity contribution >= 4 is 17.8 Å². The van der Waals surface area contributed by atoms with E-state index >= 15 is 0 Å². The molecule has 1 spiro atoms. The number of rotatable bonds is 2. The molecule has 2 aromatic carbocycles. The fourth-order valence-electron chi connectivity index (χ4n) is 4.44. The van der Waals surface area contributed by atoms with E-state index in [9.17, 15) is 9.59 Å². The average molecular weight is 402 g/mol. The molecule has 1 fully saturated rings. The maximum absolute atomic E-state index is 12.7. The second-order valence-corrected chi connectivity index (χ2v) is 7.82. The van der Waals surface area contributed by atoms with Crippen molar-refractivity contribution in [1.82, 2.24) is 15.4 Å². The molecule has 5 rings (SSSR count). The fraction of sp³-hybridized carbons (Fsp3) is 0.261. The van der Waals surface area contributed by atoms with Crippen LogP contribution in [-0.2, 0) is 16.8 Å². The number of amides is 3. The van der Waals surface area contributed by atoms with Gasteiger partial charge in [-0.15, -0.1) is 0 Å². The lowest BCUT2D eigenvalue weighted by Gasteiger charge is -2.45. The van der Waals surface area contributed by atoms with Gasteiger partial charge < -0.3 is 14.7 Å². The van der Waals surface area contributed by atoms with Gasteiger partial charge in [0.2, 0.25) is 11.8 Å². The first-order chi connectivity index (χ1) is 14.6. The third-order valence-electron chi connectivity index (χ3n) is 5.98. The van der Waals surface area contributed by atoms with E-state index in [0.29, 0.717) is 43.9 Å². The molecule has 152 valence electrons. The molecule has 0 atom stereocenters. The van der Waals surface area contributed by atoms with Crippen LogP contribution in [0.5, 0.6) is 0 Å². The summed E-state index contributed by atoms with van der Waals surface area (Å²) in [5.74, 6) is 0.358. The lowest BCUT2D eigenvalue weighted by Crippen LogP contribution is -2.57. The van der Waals surface area contributed by atoms with Crippen molar-refractivity contribution in [3.63, 3.8) is 0 Å². The first-order valence-electron chi connectivity index (χ1n) is 10.1. The lowest BCUT2D eigenvalue weighted by atomic mass is 9.76. The molecule has 7 heteroatoms. The molecule has 0 bridgehead atoms. The summed E-state index contributed by atoms with van der Waals surface area (Å²) in [6, 6.07) is 19.2. The molecule has 30 heavy (non-hydrogen) atoms. The number of nitrogens with one attached hydrogen (secondary N) is 2. The molecule has 2 aliphatic rings. The van der Waals surface area contributed by atoms with Gasteiger partial charge >= 0.3 is 6.03 Å². The highest BCUT2D eigenvalue weighted by Crippen LogP contribution is 2.38. The Bertz CT molecular complexity index is 1080. The number of urea groups is 1. The number of aromatic nitrogens is 1. The molecule has 3 aromatic rings. The minimum atomic E-state index is -0.393. The quantitative estimate of drug-likeness (QED) is 0.686. The van der Waals surface area contributed by atoms with Crippen molar-refractivity contribution < 1.29 is 14.1 Å². The highest BCUT2D eigenvalue weighted by Gasteiger charge is 2.42. The van der Waals surface area contributed by atoms with Crippen LogP contribution in [0.25, 0.3) is 11.3 Å². The summed E-state index contributed by atoms with van der Waals surface area (Å²) in [5, 5.41) is 10.0. The molecule has 1 saturated heterocycles. The third kappa shape index (κ3) is 3.32. The molecule has 0 radical (unpaired) electrons. The van der Waals surface area contributed by atoms with Crippen LogP contribution in [0, 0.1) is 0 Å². The zero-order chi connectivity index (χ0) is 20.6. The number of nitrogens with zero attached hydrogens (tertiary/aromatic N) is 2. The Morgan fingerprint density at radius 3 is 2.60 bits per heavy atom. The van der Waals surface area contributed by atoms with E-state index in [0.717, 1.165) is 11.1 Å². The molecule has 1 aromatic heterocycles. The number of piperidine rings is 1. The van der Waals surface area contributed by atoms with Crippen LogP contribution in [0.1, 0.15) is 24.0 Å². The minimum Gasteiger partial charge on any atom is -0.346 e. The van der Waals surface area contributed by atoms with E-state index in [-0.39, 0.29) is 11.9 Å². The van der Waals surface area contributed by atoms with Gasteiger partial charge in [0.1, 0.15) is 5.69 Å². The van der Waals surface area contributed by atoms with Gasteiger partial charge in [0.15, 0.2) is 0 Å². The predicted molar refractivity (Wildman–Crippen MR) is 112 cm³/mol. The molecule has 3 amide bonds. The first-order valence-corrected chi connectivity index (χ1v) is 10.1. The van der Waals surface area contributed by atoms with Gasteiger partial charge in [0.05, 0.1) is 12.0 Å². The second kappa shape index (κ2) is 7.33. The van der Waals surface area contributed by atoms with Crippen LogP contribution < -0.4 is 10.6 Å². The number of benzene rings is 2. The number of hydrogen-bond acceptors (Lipinski definition) is 4. The van der Waals surface area contributed by atoms with Crippen molar-refractivity contribution in [2.45, 2.75) is 24.8 Å². The average Bonchev–Trinajstić information content (AvgIpc) is 3.23. The van der Waals surface area contributed by atoms with Crippen LogP contribution in [-0.4, -0.2) is 35.1 Å². The molecule has 0 aliphatic carbocycles. The van der Waals surface area contributed by atoms with Crippen molar-refractivity contribution in [1.29, 1.82) is 0 Å². The molecule has 2 aliphatic heterocycles. The molecule has 0 unspecified atom stereocenters. The lowest BCUT2D eigenvalue weighted by molar-refractivity contribution is -0.123. The van der Waals surface area contributed by atoms with Crippen molar-refractivity contribution in [2.24, 2.45) is 0 Å².